The van der Waals surface area contributed by atoms with Gasteiger partial charge in [0.1, 0.15) is 18.1 Å². The summed E-state index contributed by atoms with van der Waals surface area (Å²) in [6.45, 7) is 7.22. The van der Waals surface area contributed by atoms with Crippen molar-refractivity contribution < 1.29 is 14.1 Å². The van der Waals surface area contributed by atoms with Crippen molar-refractivity contribution in [1.82, 2.24) is 0 Å². The predicted octanol–water partition coefficient (Wildman–Crippen LogP) is 3.60. The van der Waals surface area contributed by atoms with Crippen molar-refractivity contribution in [1.29, 1.82) is 0 Å². The monoisotopic (exact) mass is 282 g/mol. The minimum absolute atomic E-state index is 0.108. The Hall–Kier alpha value is -1.32. The second-order valence-corrected chi connectivity index (χ2v) is 6.08. The van der Waals surface area contributed by atoms with Gasteiger partial charge in [-0.3, -0.25) is 0 Å². The minimum Gasteiger partial charge on any atom is -0.455 e. The molecule has 2 N–H and O–H groups in total. The van der Waals surface area contributed by atoms with Gasteiger partial charge in [0.25, 0.3) is 0 Å². The average molecular weight is 283 g/mol. The van der Waals surface area contributed by atoms with E-state index in [1.54, 1.807) is 12.1 Å². The van der Waals surface area contributed by atoms with Gasteiger partial charge in [-0.1, -0.05) is 11.6 Å². The number of hydrogen-bond acceptors (Lipinski definition) is 1. The molecule has 2 nitrogen and oxygen atoms in total. The first-order valence-electron chi connectivity index (χ1n) is 6.24. The molecule has 102 valence electrons. The van der Waals surface area contributed by atoms with Crippen LogP contribution in [0.5, 0.6) is 0 Å². The first-order chi connectivity index (χ1) is 8.85. The van der Waals surface area contributed by atoms with Crippen LogP contribution in [0.25, 0.3) is 11.3 Å². The molecule has 2 aromatic rings. The molecule has 0 bridgehead atoms. The van der Waals surface area contributed by atoms with E-state index in [0.717, 1.165) is 17.9 Å². The van der Waals surface area contributed by atoms with E-state index in [9.17, 15) is 4.39 Å². The second-order valence-electron chi connectivity index (χ2n) is 5.67. The third kappa shape index (κ3) is 3.82. The third-order valence-corrected chi connectivity index (χ3v) is 3.07. The van der Waals surface area contributed by atoms with Crippen LogP contribution in [-0.4, -0.2) is 5.54 Å². The number of rotatable bonds is 3. The summed E-state index contributed by atoms with van der Waals surface area (Å²) in [4.78, 5) is 0. The number of hydrogen-bond donors (Lipinski definition) is 1. The molecular weight excluding hydrogens is 265 g/mol. The van der Waals surface area contributed by atoms with Crippen molar-refractivity contribution in [2.45, 2.75) is 32.9 Å². The normalized spacial score (nSPS) is 11.8. The van der Waals surface area contributed by atoms with Crippen LogP contribution in [0, 0.1) is 5.82 Å². The van der Waals surface area contributed by atoms with E-state index in [1.807, 2.05) is 12.1 Å². The van der Waals surface area contributed by atoms with Gasteiger partial charge in [-0.25, -0.2) is 4.39 Å². The van der Waals surface area contributed by atoms with Crippen molar-refractivity contribution in [2.24, 2.45) is 0 Å². The van der Waals surface area contributed by atoms with Gasteiger partial charge >= 0.3 is 0 Å². The van der Waals surface area contributed by atoms with E-state index in [4.69, 9.17) is 16.0 Å². The molecule has 0 saturated carbocycles. The number of furan rings is 1. The molecule has 1 aromatic heterocycles. The van der Waals surface area contributed by atoms with Crippen molar-refractivity contribution in [3.63, 3.8) is 0 Å². The maximum absolute atomic E-state index is 13.1. The molecule has 0 unspecified atom stereocenters. The van der Waals surface area contributed by atoms with Crippen molar-refractivity contribution in [3.8, 4) is 11.3 Å². The lowest BCUT2D eigenvalue weighted by Crippen LogP contribution is -2.92. The van der Waals surface area contributed by atoms with Crippen LogP contribution in [-0.2, 0) is 6.54 Å². The summed E-state index contributed by atoms with van der Waals surface area (Å²) in [6, 6.07) is 8.41. The quantitative estimate of drug-likeness (QED) is 0.916. The number of nitrogens with two attached hydrogens (primary N) is 1. The zero-order valence-corrected chi connectivity index (χ0v) is 12.1. The Morgan fingerprint density at radius 2 is 1.95 bits per heavy atom. The fourth-order valence-electron chi connectivity index (χ4n) is 1.70. The molecule has 1 heterocycles. The molecule has 0 saturated heterocycles. The van der Waals surface area contributed by atoms with Gasteiger partial charge in [0.05, 0.1) is 10.6 Å². The van der Waals surface area contributed by atoms with Crippen LogP contribution in [0.1, 0.15) is 26.5 Å². The van der Waals surface area contributed by atoms with Crippen molar-refractivity contribution >= 4 is 11.6 Å². The third-order valence-electron chi connectivity index (χ3n) is 2.78. The summed E-state index contributed by atoms with van der Waals surface area (Å²) < 4.78 is 18.9. The highest BCUT2D eigenvalue weighted by molar-refractivity contribution is 6.31. The van der Waals surface area contributed by atoms with Crippen molar-refractivity contribution in [2.75, 3.05) is 0 Å². The lowest BCUT2D eigenvalue weighted by molar-refractivity contribution is -0.732. The molecule has 0 fully saturated rings. The molecule has 19 heavy (non-hydrogen) atoms. The van der Waals surface area contributed by atoms with E-state index in [1.165, 1.54) is 6.07 Å². The van der Waals surface area contributed by atoms with Gasteiger partial charge in [0.15, 0.2) is 5.76 Å². The van der Waals surface area contributed by atoms with Crippen LogP contribution < -0.4 is 5.32 Å². The Bertz CT molecular complexity index is 572. The van der Waals surface area contributed by atoms with E-state index < -0.39 is 5.82 Å². The standard InChI is InChI=1S/C15H17ClFNO/c1-15(2,3)18-9-11-5-7-14(19-11)10-4-6-13(17)12(16)8-10/h4-8,18H,9H2,1-3H3/p+1. The Morgan fingerprint density at radius 1 is 1.21 bits per heavy atom. The second kappa shape index (κ2) is 5.35. The molecule has 1 aromatic carbocycles. The van der Waals surface area contributed by atoms with E-state index >= 15 is 0 Å². The smallest absolute Gasteiger partial charge is 0.158 e. The fourth-order valence-corrected chi connectivity index (χ4v) is 1.88. The van der Waals surface area contributed by atoms with Gasteiger partial charge in [-0.2, -0.15) is 0 Å². The van der Waals surface area contributed by atoms with E-state index in [2.05, 4.69) is 26.1 Å². The first-order valence-corrected chi connectivity index (χ1v) is 6.61. The number of benzene rings is 1. The molecule has 0 spiro atoms. The number of halogens is 2. The molecule has 2 rings (SSSR count). The van der Waals surface area contributed by atoms with Crippen LogP contribution in [0.2, 0.25) is 5.02 Å². The van der Waals surface area contributed by atoms with Crippen LogP contribution in [0.3, 0.4) is 0 Å². The lowest BCUT2D eigenvalue weighted by atomic mass is 10.1. The summed E-state index contributed by atoms with van der Waals surface area (Å²) >= 11 is 5.77. The highest BCUT2D eigenvalue weighted by Gasteiger charge is 2.15. The van der Waals surface area contributed by atoms with Gasteiger partial charge < -0.3 is 9.73 Å². The maximum atomic E-state index is 13.1. The van der Waals surface area contributed by atoms with Crippen LogP contribution in [0.15, 0.2) is 34.7 Å². The number of quaternary nitrogens is 1. The Labute approximate surface area is 117 Å². The van der Waals surface area contributed by atoms with Crippen LogP contribution >= 0.6 is 11.6 Å². The zero-order valence-electron chi connectivity index (χ0n) is 11.3. The highest BCUT2D eigenvalue weighted by Crippen LogP contribution is 2.26. The highest BCUT2D eigenvalue weighted by atomic mass is 35.5. The molecule has 0 amide bonds. The Kier molecular flexibility index (Phi) is 3.97. The molecule has 0 aliphatic rings. The van der Waals surface area contributed by atoms with Gasteiger partial charge in [0, 0.05) is 5.56 Å². The minimum atomic E-state index is -0.418. The summed E-state index contributed by atoms with van der Waals surface area (Å²) in [6.07, 6.45) is 0. The van der Waals surface area contributed by atoms with E-state index in [-0.39, 0.29) is 10.6 Å². The first kappa shape index (κ1) is 14.1. The molecular formula is C15H18ClFNO+. The molecule has 4 heteroatoms. The molecule has 0 atom stereocenters. The van der Waals surface area contributed by atoms with Crippen molar-refractivity contribution in [3.05, 3.63) is 46.9 Å². The lowest BCUT2D eigenvalue weighted by Gasteiger charge is -2.15. The molecule has 0 aliphatic heterocycles. The average Bonchev–Trinajstić information content (AvgIpc) is 2.78. The largest absolute Gasteiger partial charge is 0.455 e. The summed E-state index contributed by atoms with van der Waals surface area (Å²) in [5, 5.41) is 2.31. The topological polar surface area (TPSA) is 29.8 Å². The summed E-state index contributed by atoms with van der Waals surface area (Å²) in [7, 11) is 0. The Balaban J connectivity index is 2.14. The summed E-state index contributed by atoms with van der Waals surface area (Å²) in [5.41, 5.74) is 0.944. The zero-order chi connectivity index (χ0) is 14.0. The molecule has 0 radical (unpaired) electrons. The van der Waals surface area contributed by atoms with Gasteiger partial charge in [-0.05, 0) is 51.1 Å². The van der Waals surface area contributed by atoms with E-state index in [0.29, 0.717) is 5.76 Å². The maximum Gasteiger partial charge on any atom is 0.158 e. The fraction of sp³-hybridized carbons (Fsp3) is 0.333. The predicted molar refractivity (Wildman–Crippen MR) is 74.5 cm³/mol. The van der Waals surface area contributed by atoms with Crippen LogP contribution in [0.4, 0.5) is 4.39 Å². The Morgan fingerprint density at radius 3 is 2.58 bits per heavy atom. The van der Waals surface area contributed by atoms with Gasteiger partial charge in [-0.15, -0.1) is 0 Å². The molecule has 0 aliphatic carbocycles. The summed E-state index contributed by atoms with van der Waals surface area (Å²) in [5.74, 6) is 1.18. The van der Waals surface area contributed by atoms with Gasteiger partial charge in [0.2, 0.25) is 0 Å². The SMILES string of the molecule is CC(C)(C)[NH2+]Cc1ccc(-c2ccc(F)c(Cl)c2)o1.